The lowest BCUT2D eigenvalue weighted by atomic mass is 10.0. The summed E-state index contributed by atoms with van der Waals surface area (Å²) < 4.78 is 7.64. The topological polar surface area (TPSA) is 59.4 Å². The first kappa shape index (κ1) is 13.4. The number of urea groups is 1. The van der Waals surface area contributed by atoms with Crippen molar-refractivity contribution in [3.63, 3.8) is 0 Å². The summed E-state index contributed by atoms with van der Waals surface area (Å²) in [7, 11) is 1.68. The molecule has 0 spiro atoms. The highest BCUT2D eigenvalue weighted by Crippen LogP contribution is 2.28. The number of ether oxygens (including phenoxy) is 1. The van der Waals surface area contributed by atoms with Crippen molar-refractivity contribution in [3.8, 4) is 0 Å². The molecule has 2 amide bonds. The van der Waals surface area contributed by atoms with Crippen LogP contribution in [0.4, 0.5) is 4.79 Å². The molecule has 2 aliphatic rings. The summed E-state index contributed by atoms with van der Waals surface area (Å²) in [6, 6.07) is 0.451. The molecule has 20 heavy (non-hydrogen) atoms. The molecular formula is C14H22N4O2. The summed E-state index contributed by atoms with van der Waals surface area (Å²) in [6.07, 6.45) is 2.96. The zero-order valence-corrected chi connectivity index (χ0v) is 12.2. The highest BCUT2D eigenvalue weighted by molar-refractivity contribution is 5.74. The smallest absolute Gasteiger partial charge is 0.317 e. The third kappa shape index (κ3) is 2.28. The van der Waals surface area contributed by atoms with Crippen LogP contribution >= 0.6 is 0 Å². The van der Waals surface area contributed by atoms with E-state index in [1.54, 1.807) is 7.05 Å². The summed E-state index contributed by atoms with van der Waals surface area (Å²) in [5.74, 6) is 0. The molecule has 1 aromatic rings. The Morgan fingerprint density at radius 2 is 2.15 bits per heavy atom. The number of nitrogens with zero attached hydrogens (tertiary/aromatic N) is 3. The SMILES string of the molecule is CNC(=O)N1CCc2c(c(C)nn2C2CCOCC2)C1. The Morgan fingerprint density at radius 3 is 2.85 bits per heavy atom. The molecule has 0 atom stereocenters. The minimum atomic E-state index is -0.00568. The Labute approximate surface area is 119 Å². The van der Waals surface area contributed by atoms with Gasteiger partial charge in [0.1, 0.15) is 0 Å². The molecule has 0 bridgehead atoms. The quantitative estimate of drug-likeness (QED) is 0.841. The number of carbonyl (C=O) groups is 1. The van der Waals surface area contributed by atoms with Gasteiger partial charge in [-0.1, -0.05) is 0 Å². The van der Waals surface area contributed by atoms with E-state index < -0.39 is 0 Å². The maximum absolute atomic E-state index is 11.8. The van der Waals surface area contributed by atoms with E-state index in [0.29, 0.717) is 12.6 Å². The number of rotatable bonds is 1. The average Bonchev–Trinajstić information content (AvgIpc) is 2.84. The predicted molar refractivity (Wildman–Crippen MR) is 74.6 cm³/mol. The standard InChI is InChI=1S/C14H22N4O2/c1-10-12-9-17(14(19)15-2)6-3-13(12)18(16-10)11-4-7-20-8-5-11/h11H,3-9H2,1-2H3,(H,15,19). The number of nitrogens with one attached hydrogen (secondary N) is 1. The molecule has 2 aliphatic heterocycles. The molecule has 0 aromatic carbocycles. The van der Waals surface area contributed by atoms with Gasteiger partial charge in [0.2, 0.25) is 0 Å². The lowest BCUT2D eigenvalue weighted by molar-refractivity contribution is 0.0650. The lowest BCUT2D eigenvalue weighted by Crippen LogP contribution is -2.41. The molecule has 0 unspecified atom stereocenters. The van der Waals surface area contributed by atoms with Gasteiger partial charge in [-0.05, 0) is 19.8 Å². The number of hydrogen-bond donors (Lipinski definition) is 1. The molecule has 1 fully saturated rings. The third-order valence-corrected chi connectivity index (χ3v) is 4.32. The molecule has 0 aliphatic carbocycles. The van der Waals surface area contributed by atoms with Gasteiger partial charge in [0, 0.05) is 44.5 Å². The first-order valence-electron chi connectivity index (χ1n) is 7.32. The van der Waals surface area contributed by atoms with E-state index >= 15 is 0 Å². The van der Waals surface area contributed by atoms with Gasteiger partial charge in [0.15, 0.2) is 0 Å². The van der Waals surface area contributed by atoms with Crippen molar-refractivity contribution < 1.29 is 9.53 Å². The van der Waals surface area contributed by atoms with Crippen molar-refractivity contribution in [2.24, 2.45) is 0 Å². The van der Waals surface area contributed by atoms with Crippen molar-refractivity contribution in [2.75, 3.05) is 26.8 Å². The molecule has 6 nitrogen and oxygen atoms in total. The largest absolute Gasteiger partial charge is 0.381 e. The summed E-state index contributed by atoms with van der Waals surface area (Å²) >= 11 is 0. The number of fused-ring (bicyclic) bond motifs is 1. The van der Waals surface area contributed by atoms with Gasteiger partial charge in [-0.15, -0.1) is 0 Å². The summed E-state index contributed by atoms with van der Waals surface area (Å²) in [5.41, 5.74) is 3.60. The van der Waals surface area contributed by atoms with E-state index in [0.717, 1.165) is 44.7 Å². The van der Waals surface area contributed by atoms with E-state index in [1.165, 1.54) is 11.3 Å². The normalized spacial score (nSPS) is 19.8. The van der Waals surface area contributed by atoms with Crippen LogP contribution in [0, 0.1) is 6.92 Å². The fourth-order valence-corrected chi connectivity index (χ4v) is 3.17. The van der Waals surface area contributed by atoms with Gasteiger partial charge in [0.25, 0.3) is 0 Å². The van der Waals surface area contributed by atoms with Crippen LogP contribution < -0.4 is 5.32 Å². The monoisotopic (exact) mass is 278 g/mol. The molecule has 3 rings (SSSR count). The molecular weight excluding hydrogens is 256 g/mol. The van der Waals surface area contributed by atoms with Crippen molar-refractivity contribution in [2.45, 2.75) is 38.8 Å². The van der Waals surface area contributed by atoms with Crippen LogP contribution in [0.15, 0.2) is 0 Å². The van der Waals surface area contributed by atoms with Crippen LogP contribution in [-0.4, -0.2) is 47.5 Å². The predicted octanol–water partition coefficient (Wildman–Crippen LogP) is 1.24. The first-order chi connectivity index (χ1) is 9.70. The van der Waals surface area contributed by atoms with Gasteiger partial charge in [-0.2, -0.15) is 5.10 Å². The fraction of sp³-hybridized carbons (Fsp3) is 0.714. The molecule has 110 valence electrons. The number of aryl methyl sites for hydroxylation is 1. The number of hydrogen-bond acceptors (Lipinski definition) is 3. The third-order valence-electron chi connectivity index (χ3n) is 4.32. The summed E-state index contributed by atoms with van der Waals surface area (Å²) in [4.78, 5) is 13.6. The van der Waals surface area contributed by atoms with E-state index in [4.69, 9.17) is 9.84 Å². The van der Waals surface area contributed by atoms with E-state index in [9.17, 15) is 4.79 Å². The molecule has 6 heteroatoms. The highest BCUT2D eigenvalue weighted by atomic mass is 16.5. The van der Waals surface area contributed by atoms with E-state index in [1.807, 2.05) is 11.8 Å². The van der Waals surface area contributed by atoms with Crippen LogP contribution in [0.25, 0.3) is 0 Å². The van der Waals surface area contributed by atoms with Crippen molar-refractivity contribution in [3.05, 3.63) is 17.0 Å². The summed E-state index contributed by atoms with van der Waals surface area (Å²) in [5, 5.41) is 7.44. The van der Waals surface area contributed by atoms with Crippen LogP contribution in [0.5, 0.6) is 0 Å². The zero-order chi connectivity index (χ0) is 14.1. The van der Waals surface area contributed by atoms with Crippen LogP contribution in [-0.2, 0) is 17.7 Å². The summed E-state index contributed by atoms with van der Waals surface area (Å²) in [6.45, 7) is 5.12. The molecule has 0 radical (unpaired) electrons. The molecule has 1 saturated heterocycles. The Hall–Kier alpha value is -1.56. The van der Waals surface area contributed by atoms with E-state index in [-0.39, 0.29) is 6.03 Å². The highest BCUT2D eigenvalue weighted by Gasteiger charge is 2.28. The average molecular weight is 278 g/mol. The zero-order valence-electron chi connectivity index (χ0n) is 12.2. The second-order valence-electron chi connectivity index (χ2n) is 5.53. The maximum Gasteiger partial charge on any atom is 0.317 e. The second kappa shape index (κ2) is 5.44. The van der Waals surface area contributed by atoms with Gasteiger partial charge < -0.3 is 15.0 Å². The van der Waals surface area contributed by atoms with Crippen molar-refractivity contribution in [1.29, 1.82) is 0 Å². The van der Waals surface area contributed by atoms with Crippen molar-refractivity contribution in [1.82, 2.24) is 20.0 Å². The van der Waals surface area contributed by atoms with E-state index in [2.05, 4.69) is 10.00 Å². The number of amides is 2. The minimum absolute atomic E-state index is 0.00568. The van der Waals surface area contributed by atoms with Crippen LogP contribution in [0.1, 0.15) is 35.8 Å². The van der Waals surface area contributed by atoms with Gasteiger partial charge in [0.05, 0.1) is 18.3 Å². The Kier molecular flexibility index (Phi) is 3.65. The number of carbonyl (C=O) groups excluding carboxylic acids is 1. The van der Waals surface area contributed by atoms with Crippen LogP contribution in [0.3, 0.4) is 0 Å². The molecule has 1 N–H and O–H groups in total. The number of aromatic nitrogens is 2. The Morgan fingerprint density at radius 1 is 1.40 bits per heavy atom. The first-order valence-corrected chi connectivity index (χ1v) is 7.32. The maximum atomic E-state index is 11.8. The van der Waals surface area contributed by atoms with Crippen LogP contribution in [0.2, 0.25) is 0 Å². The molecule has 3 heterocycles. The van der Waals surface area contributed by atoms with Gasteiger partial charge in [-0.3, -0.25) is 4.68 Å². The van der Waals surface area contributed by atoms with Gasteiger partial charge in [-0.25, -0.2) is 4.79 Å². The second-order valence-corrected chi connectivity index (χ2v) is 5.53. The van der Waals surface area contributed by atoms with Gasteiger partial charge >= 0.3 is 6.03 Å². The Bertz CT molecular complexity index is 506. The molecule has 0 saturated carbocycles. The van der Waals surface area contributed by atoms with Crippen molar-refractivity contribution >= 4 is 6.03 Å². The lowest BCUT2D eigenvalue weighted by Gasteiger charge is -2.29. The fourth-order valence-electron chi connectivity index (χ4n) is 3.17. The Balaban J connectivity index is 1.85. The molecule has 1 aromatic heterocycles. The minimum Gasteiger partial charge on any atom is -0.381 e.